The number of oxazole rings is 1. The van der Waals surface area contributed by atoms with Gasteiger partial charge in [-0.3, -0.25) is 9.59 Å². The first-order valence-corrected chi connectivity index (χ1v) is 21.9. The average molecular weight is 1190 g/mol. The van der Waals surface area contributed by atoms with Gasteiger partial charge in [-0.2, -0.15) is 63.2 Å². The fraction of sp³-hybridized carbons (Fsp3) is 0.333. The van der Waals surface area contributed by atoms with Crippen LogP contribution in [0.2, 0.25) is 5.02 Å². The van der Waals surface area contributed by atoms with E-state index in [0.717, 1.165) is 5.56 Å². The van der Waals surface area contributed by atoms with E-state index in [1.165, 1.54) is 18.0 Å². The summed E-state index contributed by atoms with van der Waals surface area (Å²) in [5.41, 5.74) is 31.1. The molecule has 0 aliphatic rings. The van der Waals surface area contributed by atoms with Gasteiger partial charge in [0, 0.05) is 21.9 Å². The number of halogens is 13. The summed E-state index contributed by atoms with van der Waals surface area (Å²) >= 11 is 7.19. The number of nitrogen functional groups attached to an aromatic ring is 1. The number of benzene rings is 2. The number of alkyl halides is 12. The molecular weight excluding hydrogens is 1150 g/mol. The van der Waals surface area contributed by atoms with E-state index in [1.807, 2.05) is 0 Å². The maximum absolute atomic E-state index is 12.5. The maximum atomic E-state index is 12.5. The van der Waals surface area contributed by atoms with Crippen molar-refractivity contribution in [3.8, 4) is 40.5 Å². The lowest BCUT2D eigenvalue weighted by Gasteiger charge is -2.21. The number of pyridine rings is 1. The Bertz CT molecular complexity index is 2660. The van der Waals surface area contributed by atoms with E-state index < -0.39 is 78.7 Å². The highest BCUT2D eigenvalue weighted by atomic mass is 35.5. The number of thioether (sulfide) groups is 1. The highest BCUT2D eigenvalue weighted by Crippen LogP contribution is 2.37. The molecule has 434 valence electrons. The van der Waals surface area contributed by atoms with Crippen LogP contribution in [0.4, 0.5) is 58.5 Å². The van der Waals surface area contributed by atoms with Gasteiger partial charge in [0.15, 0.2) is 6.10 Å². The summed E-state index contributed by atoms with van der Waals surface area (Å²) in [4.78, 5) is 69.2. The number of aliphatic carboxylic acids is 4. The van der Waals surface area contributed by atoms with Crippen LogP contribution in [0.1, 0.15) is 29.7 Å². The molecular formula is C42H40ClF12N9O14S. The van der Waals surface area contributed by atoms with Crippen molar-refractivity contribution in [2.45, 2.75) is 66.5 Å². The molecule has 79 heavy (non-hydrogen) atoms. The number of nitrogens with two attached hydrogens (primary N) is 5. The molecule has 2 aromatic carbocycles. The van der Waals surface area contributed by atoms with Gasteiger partial charge in [0.1, 0.15) is 65.9 Å². The van der Waals surface area contributed by atoms with Crippen LogP contribution in [-0.2, 0) is 44.0 Å². The number of rotatable bonds is 17. The quantitative estimate of drug-likeness (QED) is 0.0363. The fourth-order valence-electron chi connectivity index (χ4n) is 4.58. The number of carboxylic acid groups (broad SMARTS) is 4. The first-order chi connectivity index (χ1) is 36.3. The Hall–Kier alpha value is -8.16. The molecule has 23 nitrogen and oxygen atoms in total. The molecule has 14 N–H and O–H groups in total. The molecule has 3 atom stereocenters. The Balaban J connectivity index is 0.00000176. The van der Waals surface area contributed by atoms with Crippen LogP contribution < -0.4 is 33.4 Å². The number of esters is 2. The predicted molar refractivity (Wildman–Crippen MR) is 244 cm³/mol. The highest BCUT2D eigenvalue weighted by Gasteiger charge is 2.40. The molecule has 0 aliphatic heterocycles. The second-order valence-corrected chi connectivity index (χ2v) is 15.6. The Morgan fingerprint density at radius 3 is 1.48 bits per heavy atom. The van der Waals surface area contributed by atoms with Gasteiger partial charge in [-0.05, 0) is 67.9 Å². The van der Waals surface area contributed by atoms with Gasteiger partial charge in [-0.1, -0.05) is 35.5 Å². The molecule has 0 saturated carbocycles. The average Bonchev–Trinajstić information content (AvgIpc) is 3.83. The molecule has 37 heteroatoms. The van der Waals surface area contributed by atoms with Crippen molar-refractivity contribution in [3.63, 3.8) is 0 Å². The zero-order valence-electron chi connectivity index (χ0n) is 39.2. The van der Waals surface area contributed by atoms with Crippen molar-refractivity contribution in [2.75, 3.05) is 32.0 Å². The lowest BCUT2D eigenvalue weighted by molar-refractivity contribution is -0.193. The third-order valence-corrected chi connectivity index (χ3v) is 9.48. The van der Waals surface area contributed by atoms with E-state index in [2.05, 4.69) is 22.1 Å². The Labute approximate surface area is 443 Å². The predicted octanol–water partition coefficient (Wildman–Crippen LogP) is 5.39. The molecule has 1 unspecified atom stereocenters. The summed E-state index contributed by atoms with van der Waals surface area (Å²) in [6, 6.07) is 15.8. The number of nitrogens with zero attached hydrogens (tertiary/aromatic N) is 4. The van der Waals surface area contributed by atoms with E-state index in [0.29, 0.717) is 44.3 Å². The van der Waals surface area contributed by atoms with Crippen LogP contribution in [-0.4, -0.2) is 135 Å². The summed E-state index contributed by atoms with van der Waals surface area (Å²) in [7, 11) is 0. The third-order valence-electron chi connectivity index (χ3n) is 8.22. The van der Waals surface area contributed by atoms with Gasteiger partial charge < -0.3 is 67.7 Å². The Kier molecular flexibility index (Phi) is 29.2. The number of nitriles is 2. The molecule has 0 amide bonds. The Morgan fingerprint density at radius 1 is 0.658 bits per heavy atom. The van der Waals surface area contributed by atoms with Gasteiger partial charge in [0.25, 0.3) is 0 Å². The van der Waals surface area contributed by atoms with Gasteiger partial charge >= 0.3 is 60.5 Å². The molecule has 2 aromatic heterocycles. The molecule has 0 aliphatic carbocycles. The fourth-order valence-corrected chi connectivity index (χ4v) is 5.58. The number of carbonyl (C=O) groups excluding carboxylic acids is 2. The molecule has 0 fully saturated rings. The maximum Gasteiger partial charge on any atom is 0.490 e. The standard InChI is InChI=1S/C34H36ClN9O6S.4C2HF3O2/c35-21-5-1-20(2-6-21)31-43-22(15-48-31)18-51-32-26(14-39)29(25(13-38)30(42)44-32)19-3-7-23(8-4-19)47-16-24(50-34(46)28(41)10-12-37)17-49-33(45)27(40)9-11-36;4*3-2(4,5)1(6)7/h1-8,15,24,27-28H,9-12,16-18,36-37,40-41H2,(H2,42,44);4*(H,6,7)/t24-,27-,28?;;;;/m0..../s1. The topological polar surface area (TPSA) is 428 Å². The number of aromatic nitrogens is 2. The van der Waals surface area contributed by atoms with Gasteiger partial charge in [0.2, 0.25) is 5.89 Å². The second-order valence-electron chi connectivity index (χ2n) is 14.2. The molecule has 0 spiro atoms. The van der Waals surface area contributed by atoms with E-state index in [-0.39, 0.29) is 56.1 Å². The summed E-state index contributed by atoms with van der Waals surface area (Å²) in [6.07, 6.45) is -19.4. The lowest BCUT2D eigenvalue weighted by Crippen LogP contribution is -2.41. The van der Waals surface area contributed by atoms with Crippen LogP contribution in [0, 0.1) is 22.7 Å². The van der Waals surface area contributed by atoms with E-state index >= 15 is 0 Å². The van der Waals surface area contributed by atoms with E-state index in [4.69, 9.17) is 98.5 Å². The van der Waals surface area contributed by atoms with Crippen molar-refractivity contribution in [2.24, 2.45) is 22.9 Å². The van der Waals surface area contributed by atoms with E-state index in [1.54, 1.807) is 48.5 Å². The van der Waals surface area contributed by atoms with Crippen LogP contribution >= 0.6 is 23.4 Å². The summed E-state index contributed by atoms with van der Waals surface area (Å²) in [5.74, 6) is -11.5. The minimum absolute atomic E-state index is 0.0338. The summed E-state index contributed by atoms with van der Waals surface area (Å²) < 4.78 is 149. The van der Waals surface area contributed by atoms with Gasteiger partial charge in [0.05, 0.1) is 11.3 Å². The SMILES string of the molecule is N#Cc1c(N)nc(SCc2coc(-c3ccc(Cl)cc3)n2)c(C#N)c1-c1ccc(OC[C@@H](COC(=O)[C@@H](N)CCN)OC(=O)C(N)CCN)cc1.O=C(O)C(F)(F)F.O=C(O)C(F)(F)F.O=C(O)C(F)(F)F.O=C(O)C(F)(F)F. The van der Waals surface area contributed by atoms with Crippen molar-refractivity contribution in [1.82, 2.24) is 9.97 Å². The van der Waals surface area contributed by atoms with Crippen molar-refractivity contribution < 1.29 is 121 Å². The van der Waals surface area contributed by atoms with Gasteiger partial charge in [-0.15, -0.1) is 0 Å². The number of ether oxygens (including phenoxy) is 3. The van der Waals surface area contributed by atoms with Crippen LogP contribution in [0.25, 0.3) is 22.6 Å². The Morgan fingerprint density at radius 2 is 1.08 bits per heavy atom. The lowest BCUT2D eigenvalue weighted by atomic mass is 9.97. The van der Waals surface area contributed by atoms with Crippen molar-refractivity contribution >= 4 is 65.0 Å². The highest BCUT2D eigenvalue weighted by molar-refractivity contribution is 7.98. The summed E-state index contributed by atoms with van der Waals surface area (Å²) in [5, 5.41) is 49.6. The van der Waals surface area contributed by atoms with Crippen LogP contribution in [0.5, 0.6) is 5.75 Å². The zero-order chi connectivity index (χ0) is 61.2. The number of hydrogen-bond donors (Lipinski definition) is 9. The van der Waals surface area contributed by atoms with E-state index in [9.17, 15) is 72.8 Å². The second kappa shape index (κ2) is 32.5. The van der Waals surface area contributed by atoms with Crippen LogP contribution in [0.3, 0.4) is 0 Å². The monoisotopic (exact) mass is 1190 g/mol. The molecule has 4 aromatic rings. The zero-order valence-corrected chi connectivity index (χ0v) is 40.8. The van der Waals surface area contributed by atoms with Crippen molar-refractivity contribution in [3.05, 3.63) is 76.6 Å². The number of carboxylic acids is 4. The van der Waals surface area contributed by atoms with Crippen molar-refractivity contribution in [1.29, 1.82) is 10.5 Å². The largest absolute Gasteiger partial charge is 0.490 e. The number of carbonyl (C=O) groups is 6. The summed E-state index contributed by atoms with van der Waals surface area (Å²) in [6.45, 7) is -0.196. The van der Waals surface area contributed by atoms with Gasteiger partial charge in [-0.25, -0.2) is 29.1 Å². The third kappa shape index (κ3) is 26.6. The first-order valence-electron chi connectivity index (χ1n) is 20.5. The van der Waals surface area contributed by atoms with Crippen LogP contribution in [0.15, 0.2) is 64.2 Å². The number of hydrogen-bond acceptors (Lipinski definition) is 20. The minimum Gasteiger partial charge on any atom is -0.490 e. The first kappa shape index (κ1) is 70.8. The molecule has 4 rings (SSSR count). The smallest absolute Gasteiger partial charge is 0.490 e. The number of anilines is 1. The molecule has 2 heterocycles. The normalized spacial score (nSPS) is 12.1. The molecule has 0 saturated heterocycles. The molecule has 0 radical (unpaired) electrons. The molecule has 0 bridgehead atoms. The minimum atomic E-state index is -5.08.